The van der Waals surface area contributed by atoms with E-state index in [-0.39, 0.29) is 11.9 Å². The Hall–Kier alpha value is -2.04. The van der Waals surface area contributed by atoms with Gasteiger partial charge in [-0.1, -0.05) is 0 Å². The molecular formula is C12H14N4O. The molecule has 1 aromatic carbocycles. The van der Waals surface area contributed by atoms with Crippen molar-refractivity contribution in [2.45, 2.75) is 18.9 Å². The van der Waals surface area contributed by atoms with E-state index in [1.807, 2.05) is 22.8 Å². The number of piperidine rings is 1. The van der Waals surface area contributed by atoms with E-state index in [9.17, 15) is 4.79 Å². The molecule has 1 fully saturated rings. The molecule has 2 heterocycles. The Morgan fingerprint density at radius 2 is 2.35 bits per heavy atom. The first kappa shape index (κ1) is 10.1. The van der Waals surface area contributed by atoms with Crippen molar-refractivity contribution in [2.75, 3.05) is 12.3 Å². The summed E-state index contributed by atoms with van der Waals surface area (Å²) in [6, 6.07) is 5.44. The van der Waals surface area contributed by atoms with Gasteiger partial charge in [-0.25, -0.2) is 4.98 Å². The van der Waals surface area contributed by atoms with Crippen LogP contribution < -0.4 is 11.1 Å². The lowest BCUT2D eigenvalue weighted by atomic mass is 10.1. The van der Waals surface area contributed by atoms with Gasteiger partial charge in [0, 0.05) is 12.2 Å². The van der Waals surface area contributed by atoms with Crippen LogP contribution in [0.3, 0.4) is 0 Å². The zero-order valence-corrected chi connectivity index (χ0v) is 9.39. The molecule has 1 aromatic heterocycles. The number of nitrogens with one attached hydrogen (secondary N) is 1. The fraction of sp³-hybridized carbons (Fsp3) is 0.333. The third kappa shape index (κ3) is 1.63. The number of hydrogen-bond donors (Lipinski definition) is 2. The third-order valence-electron chi connectivity index (χ3n) is 3.19. The van der Waals surface area contributed by atoms with Gasteiger partial charge in [-0.3, -0.25) is 4.79 Å². The summed E-state index contributed by atoms with van der Waals surface area (Å²) in [6.07, 6.45) is 3.59. The summed E-state index contributed by atoms with van der Waals surface area (Å²) in [5.74, 6) is 0.0763. The molecule has 0 saturated carbocycles. The highest BCUT2D eigenvalue weighted by molar-refractivity contribution is 5.85. The number of aromatic nitrogens is 2. The molecule has 1 atom stereocenters. The summed E-state index contributed by atoms with van der Waals surface area (Å²) >= 11 is 0. The van der Waals surface area contributed by atoms with Crippen molar-refractivity contribution in [3.05, 3.63) is 24.5 Å². The number of nitrogen functional groups attached to an aromatic ring is 1. The van der Waals surface area contributed by atoms with Gasteiger partial charge in [-0.15, -0.1) is 0 Å². The molecule has 1 amide bonds. The molecule has 17 heavy (non-hydrogen) atoms. The Kier molecular flexibility index (Phi) is 2.24. The Morgan fingerprint density at radius 3 is 3.18 bits per heavy atom. The number of carbonyl (C=O) groups excluding carboxylic acids is 1. The zero-order chi connectivity index (χ0) is 11.8. The molecule has 1 aliphatic heterocycles. The van der Waals surface area contributed by atoms with Gasteiger partial charge in [0.2, 0.25) is 5.91 Å². The smallest absolute Gasteiger partial charge is 0.243 e. The molecule has 0 radical (unpaired) electrons. The van der Waals surface area contributed by atoms with E-state index < -0.39 is 0 Å². The molecule has 1 aliphatic rings. The molecule has 88 valence electrons. The third-order valence-corrected chi connectivity index (χ3v) is 3.19. The van der Waals surface area contributed by atoms with E-state index in [0.717, 1.165) is 30.4 Å². The zero-order valence-electron chi connectivity index (χ0n) is 9.39. The van der Waals surface area contributed by atoms with Crippen molar-refractivity contribution >= 4 is 22.6 Å². The highest BCUT2D eigenvalue weighted by Crippen LogP contribution is 2.24. The Bertz CT molecular complexity index is 575. The molecule has 5 nitrogen and oxygen atoms in total. The highest BCUT2D eigenvalue weighted by Gasteiger charge is 2.24. The second kappa shape index (κ2) is 3.76. The second-order valence-electron chi connectivity index (χ2n) is 4.35. The summed E-state index contributed by atoms with van der Waals surface area (Å²) in [5, 5.41) is 2.88. The number of benzene rings is 1. The predicted octanol–water partition coefficient (Wildman–Crippen LogP) is 1.07. The van der Waals surface area contributed by atoms with Gasteiger partial charge in [-0.2, -0.15) is 0 Å². The van der Waals surface area contributed by atoms with E-state index in [4.69, 9.17) is 5.73 Å². The van der Waals surface area contributed by atoms with E-state index in [2.05, 4.69) is 10.3 Å². The van der Waals surface area contributed by atoms with Crippen LogP contribution >= 0.6 is 0 Å². The van der Waals surface area contributed by atoms with E-state index in [0.29, 0.717) is 5.69 Å². The minimum atomic E-state index is -0.141. The Balaban J connectivity index is 2.08. The van der Waals surface area contributed by atoms with Crippen molar-refractivity contribution in [1.82, 2.24) is 14.9 Å². The predicted molar refractivity (Wildman–Crippen MR) is 65.4 cm³/mol. The van der Waals surface area contributed by atoms with Gasteiger partial charge < -0.3 is 15.6 Å². The van der Waals surface area contributed by atoms with Gasteiger partial charge in [-0.05, 0) is 31.0 Å². The van der Waals surface area contributed by atoms with Crippen molar-refractivity contribution < 1.29 is 4.79 Å². The molecule has 1 unspecified atom stereocenters. The highest BCUT2D eigenvalue weighted by atomic mass is 16.2. The number of fused-ring (bicyclic) bond motifs is 1. The fourth-order valence-electron chi connectivity index (χ4n) is 2.32. The number of nitrogens with two attached hydrogens (primary N) is 1. The lowest BCUT2D eigenvalue weighted by Crippen LogP contribution is -2.37. The molecule has 3 rings (SSSR count). The first-order chi connectivity index (χ1) is 8.25. The topological polar surface area (TPSA) is 72.9 Å². The van der Waals surface area contributed by atoms with Crippen molar-refractivity contribution in [3.63, 3.8) is 0 Å². The van der Waals surface area contributed by atoms with Crippen molar-refractivity contribution in [1.29, 1.82) is 0 Å². The molecule has 0 aliphatic carbocycles. The van der Waals surface area contributed by atoms with Crippen LogP contribution in [-0.4, -0.2) is 22.0 Å². The van der Waals surface area contributed by atoms with Crippen molar-refractivity contribution in [3.8, 4) is 0 Å². The normalized spacial score (nSPS) is 20.5. The maximum Gasteiger partial charge on any atom is 0.243 e. The standard InChI is InChI=1S/C12H14N4O/c13-8-3-4-10-9(6-8)15-7-16(10)11-2-1-5-14-12(11)17/h3-4,6-7,11H,1-2,5,13H2,(H,14,17). The number of hydrogen-bond acceptors (Lipinski definition) is 3. The molecule has 0 bridgehead atoms. The number of carbonyl (C=O) groups is 1. The maximum atomic E-state index is 11.8. The maximum absolute atomic E-state index is 11.8. The van der Waals surface area contributed by atoms with Crippen molar-refractivity contribution in [2.24, 2.45) is 0 Å². The van der Waals surface area contributed by atoms with Gasteiger partial charge in [0.25, 0.3) is 0 Å². The van der Waals surface area contributed by atoms with Crippen LogP contribution in [-0.2, 0) is 4.79 Å². The van der Waals surface area contributed by atoms with Crippen LogP contribution in [0.2, 0.25) is 0 Å². The largest absolute Gasteiger partial charge is 0.399 e. The quantitative estimate of drug-likeness (QED) is 0.720. The van der Waals surface area contributed by atoms with Gasteiger partial charge >= 0.3 is 0 Å². The Morgan fingerprint density at radius 1 is 1.47 bits per heavy atom. The molecule has 0 spiro atoms. The Labute approximate surface area is 98.6 Å². The SMILES string of the molecule is Nc1ccc2c(c1)ncn2C1CCCNC1=O. The summed E-state index contributed by atoms with van der Waals surface area (Å²) in [7, 11) is 0. The number of anilines is 1. The van der Waals surface area contributed by atoms with Crippen LogP contribution in [0.25, 0.3) is 11.0 Å². The summed E-state index contributed by atoms with van der Waals surface area (Å²) in [6.45, 7) is 0.773. The molecule has 1 saturated heterocycles. The summed E-state index contributed by atoms with van der Waals surface area (Å²) < 4.78 is 1.93. The lowest BCUT2D eigenvalue weighted by Gasteiger charge is -2.23. The first-order valence-electron chi connectivity index (χ1n) is 5.75. The van der Waals surface area contributed by atoms with Crippen LogP contribution in [0.5, 0.6) is 0 Å². The van der Waals surface area contributed by atoms with E-state index in [1.54, 1.807) is 6.33 Å². The monoisotopic (exact) mass is 230 g/mol. The van der Waals surface area contributed by atoms with Crippen LogP contribution in [0.15, 0.2) is 24.5 Å². The van der Waals surface area contributed by atoms with E-state index >= 15 is 0 Å². The average Bonchev–Trinajstić information content (AvgIpc) is 2.72. The second-order valence-corrected chi connectivity index (χ2v) is 4.35. The van der Waals surface area contributed by atoms with Gasteiger partial charge in [0.05, 0.1) is 17.4 Å². The average molecular weight is 230 g/mol. The fourth-order valence-corrected chi connectivity index (χ4v) is 2.32. The summed E-state index contributed by atoms with van der Waals surface area (Å²) in [4.78, 5) is 16.1. The molecule has 2 aromatic rings. The van der Waals surface area contributed by atoms with Crippen LogP contribution in [0, 0.1) is 0 Å². The number of rotatable bonds is 1. The van der Waals surface area contributed by atoms with Crippen LogP contribution in [0.1, 0.15) is 18.9 Å². The molecule has 5 heteroatoms. The molecular weight excluding hydrogens is 216 g/mol. The molecule has 3 N–H and O–H groups in total. The minimum absolute atomic E-state index is 0.0763. The first-order valence-corrected chi connectivity index (χ1v) is 5.75. The lowest BCUT2D eigenvalue weighted by molar-refractivity contribution is -0.125. The number of imidazole rings is 1. The van der Waals surface area contributed by atoms with Gasteiger partial charge in [0.1, 0.15) is 6.04 Å². The van der Waals surface area contributed by atoms with E-state index in [1.165, 1.54) is 0 Å². The number of nitrogens with zero attached hydrogens (tertiary/aromatic N) is 2. The van der Waals surface area contributed by atoms with Gasteiger partial charge in [0.15, 0.2) is 0 Å². The van der Waals surface area contributed by atoms with Crippen LogP contribution in [0.4, 0.5) is 5.69 Å². The summed E-state index contributed by atoms with van der Waals surface area (Å²) in [5.41, 5.74) is 8.20. The number of amides is 1. The minimum Gasteiger partial charge on any atom is -0.399 e.